The Hall–Kier alpha value is -2.84. The molecule has 0 unspecified atom stereocenters. The Balaban J connectivity index is 1.60. The van der Waals surface area contributed by atoms with Crippen molar-refractivity contribution in [1.82, 2.24) is 0 Å². The fourth-order valence-corrected chi connectivity index (χ4v) is 4.73. The van der Waals surface area contributed by atoms with Crippen molar-refractivity contribution in [3.63, 3.8) is 0 Å². The highest BCUT2D eigenvalue weighted by Crippen LogP contribution is 2.25. The second-order valence-electron chi connectivity index (χ2n) is 7.19. The van der Waals surface area contributed by atoms with E-state index in [2.05, 4.69) is 26.0 Å². The zero-order chi connectivity index (χ0) is 22.6. The van der Waals surface area contributed by atoms with Gasteiger partial charge in [-0.25, -0.2) is 8.42 Å². The molecule has 2 N–H and O–H groups in total. The van der Waals surface area contributed by atoms with Crippen LogP contribution in [0.1, 0.15) is 16.7 Å². The van der Waals surface area contributed by atoms with Crippen LogP contribution in [-0.4, -0.2) is 20.9 Å². The number of anilines is 2. The van der Waals surface area contributed by atoms with Crippen LogP contribution in [0.3, 0.4) is 0 Å². The second kappa shape index (κ2) is 9.53. The Labute approximate surface area is 190 Å². The largest absolute Gasteiger partial charge is 0.484 e. The number of carbonyl (C=O) groups excluding carboxylic acids is 1. The van der Waals surface area contributed by atoms with Gasteiger partial charge < -0.3 is 10.1 Å². The molecule has 0 bridgehead atoms. The molecule has 3 aromatic carbocycles. The van der Waals surface area contributed by atoms with Crippen LogP contribution in [0.4, 0.5) is 11.4 Å². The zero-order valence-corrected chi connectivity index (χ0v) is 19.8. The average Bonchev–Trinajstić information content (AvgIpc) is 2.71. The van der Waals surface area contributed by atoms with Crippen LogP contribution in [-0.2, 0) is 14.8 Å². The monoisotopic (exact) mass is 502 g/mol. The maximum Gasteiger partial charge on any atom is 0.262 e. The number of hydrogen-bond acceptors (Lipinski definition) is 4. The van der Waals surface area contributed by atoms with Gasteiger partial charge >= 0.3 is 0 Å². The number of rotatable bonds is 7. The van der Waals surface area contributed by atoms with Crippen LogP contribution < -0.4 is 14.8 Å². The van der Waals surface area contributed by atoms with Crippen LogP contribution >= 0.6 is 15.9 Å². The van der Waals surface area contributed by atoms with E-state index in [1.54, 1.807) is 12.1 Å². The maximum atomic E-state index is 12.5. The lowest BCUT2D eigenvalue weighted by atomic mass is 10.1. The van der Waals surface area contributed by atoms with Crippen LogP contribution in [0, 0.1) is 20.8 Å². The molecule has 0 saturated heterocycles. The first kappa shape index (κ1) is 22.8. The highest BCUT2D eigenvalue weighted by Gasteiger charge is 2.15. The Morgan fingerprint density at radius 1 is 0.935 bits per heavy atom. The highest BCUT2D eigenvalue weighted by molar-refractivity contribution is 9.10. The van der Waals surface area contributed by atoms with E-state index in [0.717, 1.165) is 26.9 Å². The summed E-state index contributed by atoms with van der Waals surface area (Å²) in [4.78, 5) is 12.4. The summed E-state index contributed by atoms with van der Waals surface area (Å²) >= 11 is 3.43. The van der Waals surface area contributed by atoms with Gasteiger partial charge in [-0.05, 0) is 80.4 Å². The van der Waals surface area contributed by atoms with Gasteiger partial charge in [0, 0.05) is 15.8 Å². The molecule has 0 aliphatic heterocycles. The standard InChI is InChI=1S/C23H23BrN2O4S/c1-15-4-6-19(7-5-15)26-31(28,29)21-10-8-20(9-11-21)30-14-22(27)25-23-16(2)12-18(24)13-17(23)3/h4-13,26H,14H2,1-3H3,(H,25,27). The third-order valence-electron chi connectivity index (χ3n) is 4.57. The predicted octanol–water partition coefficient (Wildman–Crippen LogP) is 5.19. The Morgan fingerprint density at radius 2 is 1.52 bits per heavy atom. The molecule has 1 amide bonds. The number of amides is 1. The molecule has 0 radical (unpaired) electrons. The molecule has 3 rings (SSSR count). The number of ether oxygens (including phenoxy) is 1. The van der Waals surface area contributed by atoms with Gasteiger partial charge in [-0.2, -0.15) is 0 Å². The van der Waals surface area contributed by atoms with Crippen molar-refractivity contribution in [1.29, 1.82) is 0 Å². The van der Waals surface area contributed by atoms with Gasteiger partial charge in [0.1, 0.15) is 5.75 Å². The first-order chi connectivity index (χ1) is 14.6. The lowest BCUT2D eigenvalue weighted by molar-refractivity contribution is -0.118. The predicted molar refractivity (Wildman–Crippen MR) is 126 cm³/mol. The summed E-state index contributed by atoms with van der Waals surface area (Å²) in [6.07, 6.45) is 0. The number of aryl methyl sites for hydroxylation is 3. The van der Waals surface area contributed by atoms with Crippen molar-refractivity contribution in [2.75, 3.05) is 16.6 Å². The molecule has 0 atom stereocenters. The van der Waals surface area contributed by atoms with E-state index in [9.17, 15) is 13.2 Å². The minimum absolute atomic E-state index is 0.103. The quantitative estimate of drug-likeness (QED) is 0.465. The second-order valence-corrected chi connectivity index (χ2v) is 9.79. The van der Waals surface area contributed by atoms with E-state index in [4.69, 9.17) is 4.74 Å². The molecule has 0 aliphatic carbocycles. The Morgan fingerprint density at radius 3 is 2.10 bits per heavy atom. The van der Waals surface area contributed by atoms with Crippen LogP contribution in [0.2, 0.25) is 0 Å². The molecule has 0 aromatic heterocycles. The molecule has 0 spiro atoms. The zero-order valence-electron chi connectivity index (χ0n) is 17.4. The third-order valence-corrected chi connectivity index (χ3v) is 6.42. The molecular weight excluding hydrogens is 480 g/mol. The molecule has 0 fully saturated rings. The van der Waals surface area contributed by atoms with Gasteiger partial charge in [0.2, 0.25) is 0 Å². The summed E-state index contributed by atoms with van der Waals surface area (Å²) in [5.41, 5.74) is 4.16. The summed E-state index contributed by atoms with van der Waals surface area (Å²) in [5, 5.41) is 2.85. The summed E-state index contributed by atoms with van der Waals surface area (Å²) in [6.45, 7) is 5.57. The summed E-state index contributed by atoms with van der Waals surface area (Å²) < 4.78 is 34.1. The minimum atomic E-state index is -3.72. The van der Waals surface area contributed by atoms with E-state index in [-0.39, 0.29) is 17.4 Å². The van der Waals surface area contributed by atoms with E-state index in [0.29, 0.717) is 11.4 Å². The van der Waals surface area contributed by atoms with Crippen molar-refractivity contribution in [2.45, 2.75) is 25.7 Å². The first-order valence-electron chi connectivity index (χ1n) is 9.53. The van der Waals surface area contributed by atoms with Crippen molar-refractivity contribution >= 4 is 43.2 Å². The van der Waals surface area contributed by atoms with Crippen LogP contribution in [0.5, 0.6) is 5.75 Å². The Kier molecular flexibility index (Phi) is 7.02. The summed E-state index contributed by atoms with van der Waals surface area (Å²) in [7, 11) is -3.72. The minimum Gasteiger partial charge on any atom is -0.484 e. The van der Waals surface area contributed by atoms with E-state index >= 15 is 0 Å². The van der Waals surface area contributed by atoms with Crippen molar-refractivity contribution < 1.29 is 17.9 Å². The van der Waals surface area contributed by atoms with Gasteiger partial charge in [-0.1, -0.05) is 33.6 Å². The number of nitrogens with one attached hydrogen (secondary N) is 2. The van der Waals surface area contributed by atoms with Gasteiger partial charge in [0.05, 0.1) is 4.90 Å². The summed E-state index contributed by atoms with van der Waals surface area (Å²) in [5.74, 6) is 0.0972. The number of sulfonamides is 1. The number of benzene rings is 3. The van der Waals surface area contributed by atoms with E-state index in [1.165, 1.54) is 24.3 Å². The van der Waals surface area contributed by atoms with Crippen molar-refractivity contribution in [3.05, 3.63) is 81.8 Å². The van der Waals surface area contributed by atoms with Gasteiger partial charge in [0.15, 0.2) is 6.61 Å². The topological polar surface area (TPSA) is 84.5 Å². The van der Waals surface area contributed by atoms with Crippen molar-refractivity contribution in [2.24, 2.45) is 0 Å². The lowest BCUT2D eigenvalue weighted by Gasteiger charge is -2.13. The van der Waals surface area contributed by atoms with Crippen LogP contribution in [0.25, 0.3) is 0 Å². The first-order valence-corrected chi connectivity index (χ1v) is 11.8. The average molecular weight is 503 g/mol. The molecule has 0 heterocycles. The lowest BCUT2D eigenvalue weighted by Crippen LogP contribution is -2.21. The van der Waals surface area contributed by atoms with Gasteiger partial charge in [-0.15, -0.1) is 0 Å². The molecule has 162 valence electrons. The summed E-state index contributed by atoms with van der Waals surface area (Å²) in [6, 6.07) is 16.8. The van der Waals surface area contributed by atoms with Crippen molar-refractivity contribution in [3.8, 4) is 5.75 Å². The molecule has 6 nitrogen and oxygen atoms in total. The smallest absolute Gasteiger partial charge is 0.262 e. The number of carbonyl (C=O) groups is 1. The van der Waals surface area contributed by atoms with Gasteiger partial charge in [0.25, 0.3) is 15.9 Å². The SMILES string of the molecule is Cc1ccc(NS(=O)(=O)c2ccc(OCC(=O)Nc3c(C)cc(Br)cc3C)cc2)cc1. The number of hydrogen-bond donors (Lipinski definition) is 2. The van der Waals surface area contributed by atoms with E-state index in [1.807, 2.05) is 45.0 Å². The molecule has 0 aliphatic rings. The highest BCUT2D eigenvalue weighted by atomic mass is 79.9. The van der Waals surface area contributed by atoms with E-state index < -0.39 is 10.0 Å². The maximum absolute atomic E-state index is 12.5. The molecule has 3 aromatic rings. The molecular formula is C23H23BrN2O4S. The molecule has 31 heavy (non-hydrogen) atoms. The third kappa shape index (κ3) is 6.08. The Bertz CT molecular complexity index is 1170. The fourth-order valence-electron chi connectivity index (χ4n) is 2.98. The number of halogens is 1. The van der Waals surface area contributed by atoms with Crippen LogP contribution in [0.15, 0.2) is 70.0 Å². The van der Waals surface area contributed by atoms with Gasteiger partial charge in [-0.3, -0.25) is 9.52 Å². The molecule has 8 heteroatoms. The fraction of sp³-hybridized carbons (Fsp3) is 0.174. The molecule has 0 saturated carbocycles. The normalized spacial score (nSPS) is 11.1.